The average molecular weight is 270 g/mol. The molecule has 0 aliphatic rings. The fourth-order valence-corrected chi connectivity index (χ4v) is 2.40. The van der Waals surface area contributed by atoms with Crippen molar-refractivity contribution in [2.24, 2.45) is 5.73 Å². The number of hydrogen-bond acceptors (Lipinski definition) is 3. The Hall–Kier alpha value is -2.00. The molecule has 0 amide bonds. The Morgan fingerprint density at radius 1 is 1.15 bits per heavy atom. The quantitative estimate of drug-likeness (QED) is 0.886. The van der Waals surface area contributed by atoms with E-state index in [-0.39, 0.29) is 11.8 Å². The average Bonchev–Trinajstić information content (AvgIpc) is 2.39. The fraction of sp³-hybridized carbons (Fsp3) is 0.294. The van der Waals surface area contributed by atoms with Gasteiger partial charge in [0.25, 0.3) is 0 Å². The summed E-state index contributed by atoms with van der Waals surface area (Å²) in [5.41, 5.74) is 9.92. The first-order chi connectivity index (χ1) is 9.52. The van der Waals surface area contributed by atoms with Crippen molar-refractivity contribution < 1.29 is 5.11 Å². The Balaban J connectivity index is 2.40. The SMILES string of the molecule is CCN(c1cccc(C)c1)c1ccc(C(C)N)c(O)c1. The molecule has 0 saturated heterocycles. The Kier molecular flexibility index (Phi) is 4.30. The molecule has 0 fully saturated rings. The normalized spacial score (nSPS) is 12.2. The van der Waals surface area contributed by atoms with Gasteiger partial charge in [0.2, 0.25) is 0 Å². The van der Waals surface area contributed by atoms with Crippen LogP contribution in [-0.2, 0) is 0 Å². The number of nitrogens with zero attached hydrogens (tertiary/aromatic N) is 1. The van der Waals surface area contributed by atoms with E-state index in [1.807, 2.05) is 25.1 Å². The van der Waals surface area contributed by atoms with E-state index in [1.165, 1.54) is 5.56 Å². The second-order valence-electron chi connectivity index (χ2n) is 5.12. The van der Waals surface area contributed by atoms with E-state index in [0.29, 0.717) is 0 Å². The zero-order valence-electron chi connectivity index (χ0n) is 12.3. The Morgan fingerprint density at radius 3 is 2.40 bits per heavy atom. The van der Waals surface area contributed by atoms with Gasteiger partial charge in [-0.05, 0) is 44.5 Å². The number of aromatic hydroxyl groups is 1. The van der Waals surface area contributed by atoms with E-state index < -0.39 is 0 Å². The largest absolute Gasteiger partial charge is 0.508 e. The predicted octanol–water partition coefficient (Wildman–Crippen LogP) is 3.88. The van der Waals surface area contributed by atoms with Crippen molar-refractivity contribution in [1.82, 2.24) is 0 Å². The molecule has 0 radical (unpaired) electrons. The minimum atomic E-state index is -0.168. The van der Waals surface area contributed by atoms with Crippen LogP contribution in [-0.4, -0.2) is 11.7 Å². The molecule has 0 heterocycles. The van der Waals surface area contributed by atoms with Crippen molar-refractivity contribution in [3.8, 4) is 5.75 Å². The van der Waals surface area contributed by atoms with E-state index >= 15 is 0 Å². The zero-order chi connectivity index (χ0) is 14.7. The van der Waals surface area contributed by atoms with Gasteiger partial charge >= 0.3 is 0 Å². The molecule has 20 heavy (non-hydrogen) atoms. The number of hydrogen-bond donors (Lipinski definition) is 2. The van der Waals surface area contributed by atoms with E-state index in [1.54, 1.807) is 6.07 Å². The molecule has 106 valence electrons. The van der Waals surface area contributed by atoms with Crippen LogP contribution in [0.5, 0.6) is 5.75 Å². The number of anilines is 2. The maximum atomic E-state index is 10.1. The maximum Gasteiger partial charge on any atom is 0.122 e. The molecule has 0 spiro atoms. The van der Waals surface area contributed by atoms with Crippen LogP contribution in [0.4, 0.5) is 11.4 Å². The molecule has 0 aliphatic heterocycles. The Bertz CT molecular complexity index is 593. The van der Waals surface area contributed by atoms with Crippen LogP contribution in [0.25, 0.3) is 0 Å². The summed E-state index contributed by atoms with van der Waals surface area (Å²) in [6.07, 6.45) is 0. The molecular formula is C17H22N2O. The number of nitrogens with two attached hydrogens (primary N) is 1. The van der Waals surface area contributed by atoms with E-state index in [0.717, 1.165) is 23.5 Å². The maximum absolute atomic E-state index is 10.1. The molecule has 0 saturated carbocycles. The lowest BCUT2D eigenvalue weighted by Crippen LogP contribution is -2.16. The first-order valence-electron chi connectivity index (χ1n) is 6.95. The van der Waals surface area contributed by atoms with Crippen LogP contribution in [0, 0.1) is 6.92 Å². The summed E-state index contributed by atoms with van der Waals surface area (Å²) in [7, 11) is 0. The first-order valence-corrected chi connectivity index (χ1v) is 6.95. The highest BCUT2D eigenvalue weighted by molar-refractivity contribution is 5.66. The Morgan fingerprint density at radius 2 is 1.85 bits per heavy atom. The number of phenolic OH excluding ortho intramolecular Hbond substituents is 1. The van der Waals surface area contributed by atoms with Crippen molar-refractivity contribution in [1.29, 1.82) is 0 Å². The monoisotopic (exact) mass is 270 g/mol. The predicted molar refractivity (Wildman–Crippen MR) is 84.6 cm³/mol. The van der Waals surface area contributed by atoms with E-state index in [4.69, 9.17) is 5.73 Å². The van der Waals surface area contributed by atoms with Gasteiger partial charge in [-0.15, -0.1) is 0 Å². The third kappa shape index (κ3) is 2.94. The molecular weight excluding hydrogens is 248 g/mol. The smallest absolute Gasteiger partial charge is 0.122 e. The van der Waals surface area contributed by atoms with Crippen molar-refractivity contribution in [2.75, 3.05) is 11.4 Å². The number of rotatable bonds is 4. The zero-order valence-corrected chi connectivity index (χ0v) is 12.3. The van der Waals surface area contributed by atoms with Gasteiger partial charge in [-0.25, -0.2) is 0 Å². The summed E-state index contributed by atoms with van der Waals surface area (Å²) in [6.45, 7) is 6.88. The van der Waals surface area contributed by atoms with Crippen LogP contribution in [0.1, 0.15) is 31.0 Å². The minimum absolute atomic E-state index is 0.168. The molecule has 3 nitrogen and oxygen atoms in total. The van der Waals surface area contributed by atoms with Crippen LogP contribution >= 0.6 is 0 Å². The van der Waals surface area contributed by atoms with Crippen LogP contribution in [0.3, 0.4) is 0 Å². The summed E-state index contributed by atoms with van der Waals surface area (Å²) in [5, 5.41) is 10.1. The molecule has 3 N–H and O–H groups in total. The van der Waals surface area contributed by atoms with Crippen LogP contribution in [0.2, 0.25) is 0 Å². The number of benzene rings is 2. The van der Waals surface area contributed by atoms with Crippen molar-refractivity contribution >= 4 is 11.4 Å². The van der Waals surface area contributed by atoms with Crippen molar-refractivity contribution in [3.63, 3.8) is 0 Å². The van der Waals surface area contributed by atoms with Gasteiger partial charge in [0.15, 0.2) is 0 Å². The molecule has 3 heteroatoms. The fourth-order valence-electron chi connectivity index (χ4n) is 2.40. The van der Waals surface area contributed by atoms with Gasteiger partial charge in [-0.2, -0.15) is 0 Å². The number of phenols is 1. The van der Waals surface area contributed by atoms with Gasteiger partial charge < -0.3 is 15.7 Å². The van der Waals surface area contributed by atoms with Gasteiger partial charge in [-0.1, -0.05) is 18.2 Å². The summed E-state index contributed by atoms with van der Waals surface area (Å²) in [6, 6.07) is 13.9. The summed E-state index contributed by atoms with van der Waals surface area (Å²) >= 11 is 0. The summed E-state index contributed by atoms with van der Waals surface area (Å²) in [4.78, 5) is 2.16. The highest BCUT2D eigenvalue weighted by atomic mass is 16.3. The molecule has 1 atom stereocenters. The topological polar surface area (TPSA) is 49.5 Å². The van der Waals surface area contributed by atoms with Gasteiger partial charge in [0, 0.05) is 35.6 Å². The summed E-state index contributed by atoms with van der Waals surface area (Å²) < 4.78 is 0. The summed E-state index contributed by atoms with van der Waals surface area (Å²) in [5.74, 6) is 0.253. The molecule has 0 aromatic heterocycles. The second-order valence-corrected chi connectivity index (χ2v) is 5.12. The third-order valence-corrected chi connectivity index (χ3v) is 3.45. The van der Waals surface area contributed by atoms with Gasteiger partial charge in [-0.3, -0.25) is 0 Å². The molecule has 0 aliphatic carbocycles. The lowest BCUT2D eigenvalue weighted by Gasteiger charge is -2.24. The highest BCUT2D eigenvalue weighted by Crippen LogP contribution is 2.32. The standard InChI is InChI=1S/C17H22N2O/c1-4-19(14-7-5-6-12(2)10-14)15-8-9-16(13(3)18)17(20)11-15/h5-11,13,20H,4,18H2,1-3H3. The first kappa shape index (κ1) is 14.4. The highest BCUT2D eigenvalue weighted by Gasteiger charge is 2.11. The molecule has 2 aromatic rings. The molecule has 2 aromatic carbocycles. The molecule has 1 unspecified atom stereocenters. The van der Waals surface area contributed by atoms with Crippen molar-refractivity contribution in [3.05, 3.63) is 53.6 Å². The van der Waals surface area contributed by atoms with E-state index in [9.17, 15) is 5.11 Å². The minimum Gasteiger partial charge on any atom is -0.508 e. The Labute approximate surface area is 120 Å². The second kappa shape index (κ2) is 5.97. The van der Waals surface area contributed by atoms with Crippen LogP contribution in [0.15, 0.2) is 42.5 Å². The molecule has 0 bridgehead atoms. The third-order valence-electron chi connectivity index (χ3n) is 3.45. The molecule has 2 rings (SSSR count). The lowest BCUT2D eigenvalue weighted by molar-refractivity contribution is 0.464. The van der Waals surface area contributed by atoms with Gasteiger partial charge in [0.1, 0.15) is 5.75 Å². The van der Waals surface area contributed by atoms with Gasteiger partial charge in [0.05, 0.1) is 0 Å². The number of aryl methyl sites for hydroxylation is 1. The lowest BCUT2D eigenvalue weighted by atomic mass is 10.1. The van der Waals surface area contributed by atoms with Crippen molar-refractivity contribution in [2.45, 2.75) is 26.8 Å². The van der Waals surface area contributed by atoms with E-state index in [2.05, 4.69) is 36.9 Å². The van der Waals surface area contributed by atoms with Crippen LogP contribution < -0.4 is 10.6 Å².